The van der Waals surface area contributed by atoms with Gasteiger partial charge in [0.15, 0.2) is 0 Å². The maximum Gasteiger partial charge on any atom is 0.1000 e. The van der Waals surface area contributed by atoms with Crippen LogP contribution in [0.25, 0.3) is 0 Å². The van der Waals surface area contributed by atoms with E-state index in [4.69, 9.17) is 4.74 Å². The van der Waals surface area contributed by atoms with Gasteiger partial charge in [-0.15, -0.1) is 0 Å². The molecular weight excluding hydrogens is 136 g/mol. The zero-order chi connectivity index (χ0) is 7.94. The van der Waals surface area contributed by atoms with Crippen LogP contribution in [0.1, 0.15) is 26.2 Å². The molecule has 1 saturated heterocycles. The van der Waals surface area contributed by atoms with Gasteiger partial charge in [0.2, 0.25) is 0 Å². The summed E-state index contributed by atoms with van der Waals surface area (Å²) < 4.78 is 4.98. The summed E-state index contributed by atoms with van der Waals surface area (Å²) in [6.07, 6.45) is 7.74. The lowest BCUT2D eigenvalue weighted by Crippen LogP contribution is -1.71. The van der Waals surface area contributed by atoms with E-state index in [9.17, 15) is 0 Å². The Hall–Kier alpha value is -0.740. The fourth-order valence-electron chi connectivity index (χ4n) is 0.718. The van der Waals surface area contributed by atoms with Gasteiger partial charge in [-0.1, -0.05) is 25.2 Å². The molecule has 1 aliphatic heterocycles. The Morgan fingerprint density at radius 2 is 2.45 bits per heavy atom. The first kappa shape index (κ1) is 8.36. The Bertz CT molecular complexity index is 179. The van der Waals surface area contributed by atoms with Crippen LogP contribution < -0.4 is 0 Å². The summed E-state index contributed by atoms with van der Waals surface area (Å²) in [6, 6.07) is 0. The van der Waals surface area contributed by atoms with E-state index in [-0.39, 0.29) is 0 Å². The summed E-state index contributed by atoms with van der Waals surface area (Å²) in [7, 11) is 0. The molecule has 1 fully saturated rings. The molecule has 1 atom stereocenters. The van der Waals surface area contributed by atoms with Crippen molar-refractivity contribution in [3.63, 3.8) is 0 Å². The number of hydrogen-bond donors (Lipinski definition) is 0. The maximum atomic E-state index is 4.98. The van der Waals surface area contributed by atoms with Gasteiger partial charge in [-0.2, -0.15) is 0 Å². The van der Waals surface area contributed by atoms with Crippen molar-refractivity contribution in [2.24, 2.45) is 0 Å². The largest absolute Gasteiger partial charge is 0.369 e. The highest BCUT2D eigenvalue weighted by Crippen LogP contribution is 2.08. The van der Waals surface area contributed by atoms with Crippen LogP contribution in [0.5, 0.6) is 0 Å². The molecule has 0 saturated carbocycles. The summed E-state index contributed by atoms with van der Waals surface area (Å²) in [5, 5.41) is 0. The quantitative estimate of drug-likeness (QED) is 0.341. The van der Waals surface area contributed by atoms with Crippen LogP contribution in [0.15, 0.2) is 12.2 Å². The minimum atomic E-state index is 0.371. The van der Waals surface area contributed by atoms with Crippen LogP contribution in [-0.2, 0) is 4.74 Å². The predicted octanol–water partition coefficient (Wildman–Crippen LogP) is 2.13. The molecule has 0 radical (unpaired) electrons. The van der Waals surface area contributed by atoms with Crippen LogP contribution in [0.4, 0.5) is 0 Å². The van der Waals surface area contributed by atoms with Gasteiger partial charge in [0.1, 0.15) is 0 Å². The molecule has 1 aliphatic rings. The SMILES string of the molecule is CCCCC#C/C=C/C1CO1. The molecule has 11 heavy (non-hydrogen) atoms. The second-order valence-electron chi connectivity index (χ2n) is 2.66. The first-order valence-electron chi connectivity index (χ1n) is 4.20. The van der Waals surface area contributed by atoms with Crippen molar-refractivity contribution in [3.8, 4) is 11.8 Å². The highest BCUT2D eigenvalue weighted by molar-refractivity contribution is 5.17. The topological polar surface area (TPSA) is 12.5 Å². The first-order valence-corrected chi connectivity index (χ1v) is 4.20. The number of unbranched alkanes of at least 4 members (excludes halogenated alkanes) is 2. The average Bonchev–Trinajstić information content (AvgIpc) is 2.80. The molecule has 0 N–H and O–H groups in total. The molecule has 0 aromatic heterocycles. The van der Waals surface area contributed by atoms with Crippen molar-refractivity contribution in [3.05, 3.63) is 12.2 Å². The normalized spacial score (nSPS) is 21.4. The van der Waals surface area contributed by atoms with E-state index in [1.165, 1.54) is 12.8 Å². The third-order valence-corrected chi connectivity index (χ3v) is 1.51. The van der Waals surface area contributed by atoms with Gasteiger partial charge in [0.05, 0.1) is 12.7 Å². The van der Waals surface area contributed by atoms with Gasteiger partial charge < -0.3 is 4.74 Å². The molecule has 0 aromatic carbocycles. The van der Waals surface area contributed by atoms with Crippen molar-refractivity contribution in [1.29, 1.82) is 0 Å². The van der Waals surface area contributed by atoms with Crippen LogP contribution in [0.3, 0.4) is 0 Å². The van der Waals surface area contributed by atoms with Gasteiger partial charge in [-0.3, -0.25) is 0 Å². The second kappa shape index (κ2) is 4.98. The highest BCUT2D eigenvalue weighted by atomic mass is 16.6. The molecule has 0 aromatic rings. The van der Waals surface area contributed by atoms with E-state index in [2.05, 4.69) is 18.8 Å². The Kier molecular flexibility index (Phi) is 3.79. The molecule has 0 spiro atoms. The van der Waals surface area contributed by atoms with Gasteiger partial charge in [-0.25, -0.2) is 0 Å². The van der Waals surface area contributed by atoms with Crippen molar-refractivity contribution >= 4 is 0 Å². The van der Waals surface area contributed by atoms with Crippen molar-refractivity contribution in [2.45, 2.75) is 32.3 Å². The van der Waals surface area contributed by atoms with E-state index < -0.39 is 0 Å². The molecule has 60 valence electrons. The Labute approximate surface area is 68.4 Å². The molecule has 1 nitrogen and oxygen atoms in total. The van der Waals surface area contributed by atoms with Crippen LogP contribution in [0, 0.1) is 11.8 Å². The third-order valence-electron chi connectivity index (χ3n) is 1.51. The zero-order valence-corrected chi connectivity index (χ0v) is 6.97. The summed E-state index contributed by atoms with van der Waals surface area (Å²) in [6.45, 7) is 3.06. The van der Waals surface area contributed by atoms with Crippen LogP contribution in [0.2, 0.25) is 0 Å². The fourth-order valence-corrected chi connectivity index (χ4v) is 0.718. The standard InChI is InChI=1S/C10H14O/c1-2-3-4-5-6-7-8-10-9-11-10/h7-8,10H,2-4,9H2,1H3/b8-7+. The molecule has 0 amide bonds. The third kappa shape index (κ3) is 4.64. The molecule has 1 rings (SSSR count). The number of epoxide rings is 1. The zero-order valence-electron chi connectivity index (χ0n) is 6.97. The van der Waals surface area contributed by atoms with E-state index >= 15 is 0 Å². The van der Waals surface area contributed by atoms with Gasteiger partial charge in [0, 0.05) is 6.42 Å². The monoisotopic (exact) mass is 150 g/mol. The first-order chi connectivity index (χ1) is 5.43. The number of rotatable bonds is 3. The number of ether oxygens (including phenoxy) is 1. The van der Waals surface area contributed by atoms with Crippen LogP contribution >= 0.6 is 0 Å². The van der Waals surface area contributed by atoms with E-state index in [1.807, 2.05) is 12.2 Å². The predicted molar refractivity (Wildman–Crippen MR) is 46.2 cm³/mol. The number of allylic oxidation sites excluding steroid dienone is 1. The lowest BCUT2D eigenvalue weighted by Gasteiger charge is -1.81. The van der Waals surface area contributed by atoms with E-state index in [1.54, 1.807) is 0 Å². The molecule has 1 heteroatoms. The summed E-state index contributed by atoms with van der Waals surface area (Å²) in [5.74, 6) is 6.06. The van der Waals surface area contributed by atoms with Gasteiger partial charge in [-0.05, 0) is 18.6 Å². The van der Waals surface area contributed by atoms with Crippen molar-refractivity contribution in [2.75, 3.05) is 6.61 Å². The molecule has 1 heterocycles. The number of hydrogen-bond acceptors (Lipinski definition) is 1. The molecular formula is C10H14O. The van der Waals surface area contributed by atoms with Crippen LogP contribution in [-0.4, -0.2) is 12.7 Å². The van der Waals surface area contributed by atoms with Gasteiger partial charge >= 0.3 is 0 Å². The average molecular weight is 150 g/mol. The fraction of sp³-hybridized carbons (Fsp3) is 0.600. The maximum absolute atomic E-state index is 4.98. The summed E-state index contributed by atoms with van der Waals surface area (Å²) in [5.41, 5.74) is 0. The Morgan fingerprint density at radius 1 is 1.64 bits per heavy atom. The highest BCUT2D eigenvalue weighted by Gasteiger charge is 2.17. The minimum absolute atomic E-state index is 0.371. The lowest BCUT2D eigenvalue weighted by atomic mass is 10.2. The smallest absolute Gasteiger partial charge is 0.1000 e. The molecule has 0 aliphatic carbocycles. The lowest BCUT2D eigenvalue weighted by molar-refractivity contribution is 0.440. The summed E-state index contributed by atoms with van der Waals surface area (Å²) in [4.78, 5) is 0. The Morgan fingerprint density at radius 3 is 3.09 bits per heavy atom. The van der Waals surface area contributed by atoms with Gasteiger partial charge in [0.25, 0.3) is 0 Å². The van der Waals surface area contributed by atoms with Crippen molar-refractivity contribution in [1.82, 2.24) is 0 Å². The second-order valence-corrected chi connectivity index (χ2v) is 2.66. The van der Waals surface area contributed by atoms with E-state index in [0.29, 0.717) is 6.10 Å². The Balaban J connectivity index is 2.01. The molecule has 0 bridgehead atoms. The minimum Gasteiger partial charge on any atom is -0.369 e. The summed E-state index contributed by atoms with van der Waals surface area (Å²) >= 11 is 0. The van der Waals surface area contributed by atoms with Crippen molar-refractivity contribution < 1.29 is 4.74 Å². The van der Waals surface area contributed by atoms with E-state index in [0.717, 1.165) is 13.0 Å². The molecule has 1 unspecified atom stereocenters.